The number of carbonyl (C=O) groups is 1. The van der Waals surface area contributed by atoms with Crippen molar-refractivity contribution >= 4 is 11.6 Å². The lowest BCUT2D eigenvalue weighted by Crippen LogP contribution is -2.48. The molecule has 0 aliphatic carbocycles. The molecule has 0 bridgehead atoms. The minimum absolute atomic E-state index is 0.0415. The highest BCUT2D eigenvalue weighted by Gasteiger charge is 2.20. The zero-order valence-corrected chi connectivity index (χ0v) is 10.2. The van der Waals surface area contributed by atoms with Crippen LogP contribution in [0.25, 0.3) is 0 Å². The number of carbonyl (C=O) groups excluding carboxylic acids is 1. The van der Waals surface area contributed by atoms with Crippen LogP contribution in [0.1, 0.15) is 24.2 Å². The summed E-state index contributed by atoms with van der Waals surface area (Å²) >= 11 is 0. The van der Waals surface area contributed by atoms with E-state index < -0.39 is 6.10 Å². The van der Waals surface area contributed by atoms with Gasteiger partial charge in [0.05, 0.1) is 24.3 Å². The molecule has 5 nitrogen and oxygen atoms in total. The summed E-state index contributed by atoms with van der Waals surface area (Å²) in [4.78, 5) is 13.3. The van der Waals surface area contributed by atoms with Crippen molar-refractivity contribution in [2.75, 3.05) is 24.5 Å². The highest BCUT2D eigenvalue weighted by atomic mass is 16.3. The van der Waals surface area contributed by atoms with E-state index in [9.17, 15) is 9.90 Å². The Morgan fingerprint density at radius 2 is 2.33 bits per heavy atom. The van der Waals surface area contributed by atoms with Gasteiger partial charge in [0.2, 0.25) is 5.91 Å². The third kappa shape index (κ3) is 2.44. The number of hydrogen-bond donors (Lipinski definition) is 2. The molecule has 0 saturated carbocycles. The fourth-order valence-electron chi connectivity index (χ4n) is 2.08. The number of rotatable bonds is 2. The summed E-state index contributed by atoms with van der Waals surface area (Å²) in [6.07, 6.45) is -0.627. The van der Waals surface area contributed by atoms with Gasteiger partial charge in [0.1, 0.15) is 0 Å². The molecule has 2 rings (SSSR count). The average molecular weight is 245 g/mol. The molecule has 2 N–H and O–H groups in total. The van der Waals surface area contributed by atoms with Crippen LogP contribution >= 0.6 is 0 Å². The number of hydrogen-bond acceptors (Lipinski definition) is 4. The predicted molar refractivity (Wildman–Crippen MR) is 67.0 cm³/mol. The molecule has 1 atom stereocenters. The summed E-state index contributed by atoms with van der Waals surface area (Å²) in [5.41, 5.74) is 2.03. The first kappa shape index (κ1) is 12.4. The molecule has 0 spiro atoms. The molecule has 1 amide bonds. The molecular formula is C13H15N3O2. The Morgan fingerprint density at radius 3 is 2.94 bits per heavy atom. The Labute approximate surface area is 106 Å². The standard InChI is InChI=1S/C13H15N3O2/c1-9(17)11-3-2-10(7-14)6-12(11)16-5-4-15-13(18)8-16/h2-3,6,9,17H,4-5,8H2,1H3,(H,15,18)/t9-/m0/s1. The topological polar surface area (TPSA) is 76.4 Å². The lowest BCUT2D eigenvalue weighted by atomic mass is 10.0. The summed E-state index contributed by atoms with van der Waals surface area (Å²) in [5, 5.41) is 21.4. The summed E-state index contributed by atoms with van der Waals surface area (Å²) in [6.45, 7) is 3.19. The number of amides is 1. The number of nitriles is 1. The van der Waals surface area contributed by atoms with E-state index in [4.69, 9.17) is 5.26 Å². The Bertz CT molecular complexity index is 505. The van der Waals surface area contributed by atoms with E-state index in [0.29, 0.717) is 18.7 Å². The number of aliphatic hydroxyl groups excluding tert-OH is 1. The largest absolute Gasteiger partial charge is 0.389 e. The van der Waals surface area contributed by atoms with Crippen LogP contribution in [0.4, 0.5) is 5.69 Å². The van der Waals surface area contributed by atoms with Crippen molar-refractivity contribution in [1.29, 1.82) is 5.26 Å². The van der Waals surface area contributed by atoms with E-state index in [2.05, 4.69) is 11.4 Å². The first-order valence-corrected chi connectivity index (χ1v) is 5.85. The fraction of sp³-hybridized carbons (Fsp3) is 0.385. The minimum atomic E-state index is -0.627. The molecule has 18 heavy (non-hydrogen) atoms. The number of nitrogens with one attached hydrogen (secondary N) is 1. The van der Waals surface area contributed by atoms with Gasteiger partial charge >= 0.3 is 0 Å². The third-order valence-corrected chi connectivity index (χ3v) is 2.99. The molecule has 1 heterocycles. The molecule has 1 saturated heterocycles. The second-order valence-electron chi connectivity index (χ2n) is 4.33. The first-order valence-electron chi connectivity index (χ1n) is 5.85. The molecule has 0 radical (unpaired) electrons. The highest BCUT2D eigenvalue weighted by molar-refractivity contribution is 5.83. The minimum Gasteiger partial charge on any atom is -0.389 e. The lowest BCUT2D eigenvalue weighted by Gasteiger charge is -2.31. The molecule has 1 aromatic rings. The summed E-state index contributed by atoms with van der Waals surface area (Å²) < 4.78 is 0. The Balaban J connectivity index is 2.40. The average Bonchev–Trinajstić information content (AvgIpc) is 2.38. The molecule has 1 fully saturated rings. The van der Waals surface area contributed by atoms with Crippen LogP contribution in [-0.4, -0.2) is 30.6 Å². The molecular weight excluding hydrogens is 230 g/mol. The maximum atomic E-state index is 11.4. The molecule has 5 heteroatoms. The van der Waals surface area contributed by atoms with E-state index >= 15 is 0 Å². The SMILES string of the molecule is C[C@H](O)c1ccc(C#N)cc1N1CCNC(=O)C1. The van der Waals surface area contributed by atoms with Gasteiger partial charge in [0.25, 0.3) is 0 Å². The van der Waals surface area contributed by atoms with Crippen molar-refractivity contribution in [2.24, 2.45) is 0 Å². The van der Waals surface area contributed by atoms with Gasteiger partial charge in [-0.1, -0.05) is 6.07 Å². The van der Waals surface area contributed by atoms with E-state index in [1.165, 1.54) is 0 Å². The number of aliphatic hydroxyl groups is 1. The van der Waals surface area contributed by atoms with Crippen LogP contribution in [0, 0.1) is 11.3 Å². The number of benzene rings is 1. The van der Waals surface area contributed by atoms with E-state index in [1.54, 1.807) is 25.1 Å². The van der Waals surface area contributed by atoms with Crippen LogP contribution in [0.3, 0.4) is 0 Å². The van der Waals surface area contributed by atoms with Gasteiger partial charge in [0.15, 0.2) is 0 Å². The molecule has 0 aromatic heterocycles. The Hall–Kier alpha value is -2.06. The second-order valence-corrected chi connectivity index (χ2v) is 4.33. The normalized spacial score (nSPS) is 16.9. The third-order valence-electron chi connectivity index (χ3n) is 2.99. The van der Waals surface area contributed by atoms with Crippen LogP contribution < -0.4 is 10.2 Å². The molecule has 1 aliphatic heterocycles. The van der Waals surface area contributed by atoms with Crippen molar-refractivity contribution in [3.8, 4) is 6.07 Å². The number of anilines is 1. The van der Waals surface area contributed by atoms with Crippen molar-refractivity contribution in [3.63, 3.8) is 0 Å². The van der Waals surface area contributed by atoms with Gasteiger partial charge in [-0.3, -0.25) is 4.79 Å². The van der Waals surface area contributed by atoms with Crippen molar-refractivity contribution in [1.82, 2.24) is 5.32 Å². The second kappa shape index (κ2) is 5.07. The summed E-state index contributed by atoms with van der Waals surface area (Å²) in [6, 6.07) is 7.22. The van der Waals surface area contributed by atoms with Crippen molar-refractivity contribution in [2.45, 2.75) is 13.0 Å². The van der Waals surface area contributed by atoms with Gasteiger partial charge in [-0.25, -0.2) is 0 Å². The fourth-order valence-corrected chi connectivity index (χ4v) is 2.08. The van der Waals surface area contributed by atoms with Crippen LogP contribution in [-0.2, 0) is 4.79 Å². The first-order chi connectivity index (χ1) is 8.61. The maximum absolute atomic E-state index is 11.4. The lowest BCUT2D eigenvalue weighted by molar-refractivity contribution is -0.120. The Morgan fingerprint density at radius 1 is 1.56 bits per heavy atom. The van der Waals surface area contributed by atoms with Gasteiger partial charge in [0, 0.05) is 24.3 Å². The molecule has 1 aliphatic rings. The van der Waals surface area contributed by atoms with Gasteiger partial charge in [-0.15, -0.1) is 0 Å². The van der Waals surface area contributed by atoms with Gasteiger partial charge in [-0.05, 0) is 19.1 Å². The monoisotopic (exact) mass is 245 g/mol. The number of nitrogens with zero attached hydrogens (tertiary/aromatic N) is 2. The molecule has 94 valence electrons. The molecule has 0 unspecified atom stereocenters. The van der Waals surface area contributed by atoms with Crippen LogP contribution in [0.2, 0.25) is 0 Å². The van der Waals surface area contributed by atoms with E-state index in [-0.39, 0.29) is 12.5 Å². The van der Waals surface area contributed by atoms with E-state index in [1.807, 2.05) is 4.90 Å². The Kier molecular flexibility index (Phi) is 3.49. The maximum Gasteiger partial charge on any atom is 0.239 e. The van der Waals surface area contributed by atoms with Crippen molar-refractivity contribution < 1.29 is 9.90 Å². The smallest absolute Gasteiger partial charge is 0.239 e. The number of piperazine rings is 1. The molecule has 1 aromatic carbocycles. The van der Waals surface area contributed by atoms with Crippen LogP contribution in [0.15, 0.2) is 18.2 Å². The predicted octanol–water partition coefficient (Wildman–Crippen LogP) is 0.548. The van der Waals surface area contributed by atoms with Gasteiger partial charge in [-0.2, -0.15) is 5.26 Å². The van der Waals surface area contributed by atoms with Crippen LogP contribution in [0.5, 0.6) is 0 Å². The van der Waals surface area contributed by atoms with E-state index in [0.717, 1.165) is 11.3 Å². The highest BCUT2D eigenvalue weighted by Crippen LogP contribution is 2.27. The van der Waals surface area contributed by atoms with Gasteiger partial charge < -0.3 is 15.3 Å². The quantitative estimate of drug-likeness (QED) is 0.797. The summed E-state index contributed by atoms with van der Waals surface area (Å²) in [5.74, 6) is -0.0415. The zero-order valence-electron chi connectivity index (χ0n) is 10.2. The van der Waals surface area contributed by atoms with Crippen molar-refractivity contribution in [3.05, 3.63) is 29.3 Å². The summed E-state index contributed by atoms with van der Waals surface area (Å²) in [7, 11) is 0. The zero-order chi connectivity index (χ0) is 13.1.